The van der Waals surface area contributed by atoms with Gasteiger partial charge in [-0.3, -0.25) is 4.79 Å². The van der Waals surface area contributed by atoms with E-state index >= 15 is 0 Å². The van der Waals surface area contributed by atoms with E-state index in [9.17, 15) is 9.59 Å². The predicted octanol–water partition coefficient (Wildman–Crippen LogP) is 9.24. The molecule has 0 aromatic carbocycles. The Balaban J connectivity index is 1.93. The normalized spacial score (nSPS) is 21.4. The van der Waals surface area contributed by atoms with Crippen LogP contribution in [0, 0.1) is 34.5 Å². The van der Waals surface area contributed by atoms with Crippen LogP contribution >= 0.6 is 0 Å². The molecule has 2 N–H and O–H groups in total. The summed E-state index contributed by atoms with van der Waals surface area (Å²) in [6.07, 6.45) is 8.02. The molecule has 1 aliphatic carbocycles. The average Bonchev–Trinajstić information content (AvgIpc) is 3.69. The molecule has 278 valence electrons. The Kier molecular flexibility index (Phi) is 12.3. The maximum atomic E-state index is 14.9. The molecule has 3 atom stereocenters. The van der Waals surface area contributed by atoms with E-state index in [0.717, 1.165) is 66.5 Å². The average molecular weight is 691 g/mol. The van der Waals surface area contributed by atoms with E-state index in [-0.39, 0.29) is 58.4 Å². The first-order valence-electron chi connectivity index (χ1n) is 19.4. The predicted molar refractivity (Wildman–Crippen MR) is 203 cm³/mol. The topological polar surface area (TPSA) is 114 Å². The van der Waals surface area contributed by atoms with Crippen LogP contribution in [0.3, 0.4) is 0 Å². The summed E-state index contributed by atoms with van der Waals surface area (Å²) >= 11 is 0. The number of unbranched alkanes of at least 4 members (excludes halogenated alkanes) is 1. The SMILES string of the molecule is CCCCC(CC)C(=O)Nc1[nH]c(C=c2c(CC)nn3nc(C(C)C)nc23)c(C(C)C)c1C(=O)OC1C(C(C)(C)C)CC(C)CC1C(C)(C)C. The number of aromatic amines is 1. The van der Waals surface area contributed by atoms with E-state index in [1.54, 1.807) is 4.63 Å². The van der Waals surface area contributed by atoms with Crippen LogP contribution in [0.1, 0.15) is 180 Å². The number of rotatable bonds is 12. The van der Waals surface area contributed by atoms with E-state index in [0.29, 0.717) is 29.4 Å². The third-order valence-corrected chi connectivity index (χ3v) is 11.0. The molecule has 1 fully saturated rings. The summed E-state index contributed by atoms with van der Waals surface area (Å²) < 4.78 is 8.42. The van der Waals surface area contributed by atoms with E-state index < -0.39 is 0 Å². The minimum absolute atomic E-state index is 0.0500. The van der Waals surface area contributed by atoms with Gasteiger partial charge in [-0.1, -0.05) is 110 Å². The molecule has 50 heavy (non-hydrogen) atoms. The molecule has 3 aromatic rings. The van der Waals surface area contributed by atoms with Crippen molar-refractivity contribution in [2.24, 2.45) is 34.5 Å². The summed E-state index contributed by atoms with van der Waals surface area (Å²) in [6.45, 7) is 30.5. The molecule has 0 spiro atoms. The number of carbonyl (C=O) groups excluding carboxylic acids is 2. The van der Waals surface area contributed by atoms with Crippen LogP contribution in [0.2, 0.25) is 0 Å². The van der Waals surface area contributed by atoms with Gasteiger partial charge in [0.25, 0.3) is 0 Å². The number of esters is 1. The summed E-state index contributed by atoms with van der Waals surface area (Å²) in [5.41, 5.74) is 3.45. The van der Waals surface area contributed by atoms with E-state index in [4.69, 9.17) is 14.8 Å². The fourth-order valence-electron chi connectivity index (χ4n) is 7.95. The van der Waals surface area contributed by atoms with E-state index in [1.807, 2.05) is 6.08 Å². The Bertz CT molecular complexity index is 1660. The number of hydrogen-bond acceptors (Lipinski definition) is 6. The second-order valence-corrected chi connectivity index (χ2v) is 17.8. The van der Waals surface area contributed by atoms with Gasteiger partial charge in [0.15, 0.2) is 11.5 Å². The van der Waals surface area contributed by atoms with Crippen molar-refractivity contribution >= 4 is 29.4 Å². The Hall–Kier alpha value is -3.23. The van der Waals surface area contributed by atoms with Gasteiger partial charge in [0.2, 0.25) is 5.91 Å². The third-order valence-electron chi connectivity index (χ3n) is 11.0. The van der Waals surface area contributed by atoms with Crippen LogP contribution in [-0.2, 0) is 16.0 Å². The molecule has 0 saturated heterocycles. The summed E-state index contributed by atoms with van der Waals surface area (Å²) in [6, 6.07) is 0. The highest BCUT2D eigenvalue weighted by molar-refractivity contribution is 6.03. The van der Waals surface area contributed by atoms with Crippen molar-refractivity contribution in [1.29, 1.82) is 0 Å². The second kappa shape index (κ2) is 15.6. The highest BCUT2D eigenvalue weighted by atomic mass is 16.5. The van der Waals surface area contributed by atoms with Crippen LogP contribution in [0.5, 0.6) is 0 Å². The van der Waals surface area contributed by atoms with Gasteiger partial charge in [0.1, 0.15) is 17.5 Å². The minimum atomic E-state index is -0.379. The zero-order valence-corrected chi connectivity index (χ0v) is 33.6. The Labute approximate surface area is 301 Å². The highest BCUT2D eigenvalue weighted by Crippen LogP contribution is 2.50. The van der Waals surface area contributed by atoms with Gasteiger partial charge >= 0.3 is 5.97 Å². The molecular formula is C41H66N6O3. The monoisotopic (exact) mass is 691 g/mol. The van der Waals surface area contributed by atoms with Gasteiger partial charge in [-0.2, -0.15) is 5.10 Å². The molecular weight excluding hydrogens is 624 g/mol. The first-order chi connectivity index (χ1) is 23.3. The van der Waals surface area contributed by atoms with Crippen molar-refractivity contribution in [1.82, 2.24) is 24.8 Å². The van der Waals surface area contributed by atoms with Crippen molar-refractivity contribution < 1.29 is 14.3 Å². The van der Waals surface area contributed by atoms with E-state index in [1.165, 1.54) is 0 Å². The van der Waals surface area contributed by atoms with E-state index in [2.05, 4.69) is 112 Å². The second-order valence-electron chi connectivity index (χ2n) is 17.8. The maximum absolute atomic E-state index is 14.9. The highest BCUT2D eigenvalue weighted by Gasteiger charge is 2.48. The van der Waals surface area contributed by atoms with Gasteiger partial charge in [0, 0.05) is 34.6 Å². The molecule has 3 heterocycles. The Morgan fingerprint density at radius 3 is 2.10 bits per heavy atom. The summed E-state index contributed by atoms with van der Waals surface area (Å²) in [5, 5.41) is 13.5. The van der Waals surface area contributed by atoms with Crippen LogP contribution in [-0.4, -0.2) is 42.8 Å². The molecule has 1 saturated carbocycles. The first kappa shape index (κ1) is 39.6. The minimum Gasteiger partial charge on any atom is -0.458 e. The fourth-order valence-corrected chi connectivity index (χ4v) is 7.95. The van der Waals surface area contributed by atoms with Gasteiger partial charge in [0.05, 0.1) is 5.69 Å². The number of ether oxygens (including phenoxy) is 1. The molecule has 1 aliphatic rings. The quantitative estimate of drug-likeness (QED) is 0.183. The smallest absolute Gasteiger partial charge is 0.342 e. The van der Waals surface area contributed by atoms with Crippen LogP contribution < -0.4 is 10.5 Å². The molecule has 3 aromatic heterocycles. The van der Waals surface area contributed by atoms with Crippen molar-refractivity contribution in [3.05, 3.63) is 33.6 Å². The van der Waals surface area contributed by atoms with Crippen molar-refractivity contribution in [2.75, 3.05) is 5.32 Å². The number of anilines is 1. The molecule has 0 aliphatic heterocycles. The van der Waals surface area contributed by atoms with Crippen LogP contribution in [0.15, 0.2) is 0 Å². The zero-order chi connectivity index (χ0) is 37.3. The number of fused-ring (bicyclic) bond motifs is 1. The Morgan fingerprint density at radius 2 is 1.60 bits per heavy atom. The first-order valence-corrected chi connectivity index (χ1v) is 19.4. The number of aromatic nitrogens is 5. The molecule has 1 amide bonds. The summed E-state index contributed by atoms with van der Waals surface area (Å²) in [4.78, 5) is 37.1. The molecule has 0 radical (unpaired) electrons. The van der Waals surface area contributed by atoms with Crippen LogP contribution in [0.4, 0.5) is 5.82 Å². The lowest BCUT2D eigenvalue weighted by molar-refractivity contribution is -0.120. The number of H-pyrrole nitrogens is 1. The van der Waals surface area contributed by atoms with Crippen LogP contribution in [0.25, 0.3) is 11.7 Å². The lowest BCUT2D eigenvalue weighted by Crippen LogP contribution is -2.49. The fraction of sp³-hybridized carbons (Fsp3) is 0.732. The third kappa shape index (κ3) is 8.45. The zero-order valence-electron chi connectivity index (χ0n) is 33.6. The summed E-state index contributed by atoms with van der Waals surface area (Å²) in [5.74, 6) is 1.58. The Morgan fingerprint density at radius 1 is 0.980 bits per heavy atom. The summed E-state index contributed by atoms with van der Waals surface area (Å²) in [7, 11) is 0. The molecule has 0 bridgehead atoms. The van der Waals surface area contributed by atoms with Gasteiger partial charge in [-0.25, -0.2) is 9.78 Å². The van der Waals surface area contributed by atoms with Crippen molar-refractivity contribution in [3.63, 3.8) is 0 Å². The number of nitrogens with zero attached hydrogens (tertiary/aromatic N) is 4. The largest absolute Gasteiger partial charge is 0.458 e. The standard InChI is InChI=1S/C41H66N6O3/c1-15-18-19-26(16-2)38(48)44-36-33(39(49)50-34-28(40(9,10)11)20-25(8)21-29(34)41(12,13)14)32(23(4)5)31(42-36)22-27-30(17-3)45-47-37(27)43-35(46-47)24(6)7/h22-26,28-29,34,42H,15-21H2,1-14H3,(H,44,48). The molecule has 4 rings (SSSR count). The number of nitrogens with one attached hydrogen (secondary N) is 2. The lowest BCUT2D eigenvalue weighted by atomic mass is 9.59. The number of aryl methyl sites for hydroxylation is 1. The lowest BCUT2D eigenvalue weighted by Gasteiger charge is -2.50. The number of hydrogen-bond donors (Lipinski definition) is 2. The molecule has 9 heteroatoms. The molecule has 9 nitrogen and oxygen atoms in total. The molecule has 3 unspecified atom stereocenters. The number of amides is 1. The van der Waals surface area contributed by atoms with Crippen molar-refractivity contribution in [3.8, 4) is 0 Å². The van der Waals surface area contributed by atoms with Crippen molar-refractivity contribution in [2.45, 2.75) is 160 Å². The van der Waals surface area contributed by atoms with Gasteiger partial charge < -0.3 is 15.0 Å². The maximum Gasteiger partial charge on any atom is 0.342 e. The van der Waals surface area contributed by atoms with Gasteiger partial charge in [-0.15, -0.1) is 9.73 Å². The van der Waals surface area contributed by atoms with Gasteiger partial charge in [-0.05, 0) is 66.4 Å². The number of carbonyl (C=O) groups is 2.